The summed E-state index contributed by atoms with van der Waals surface area (Å²) in [4.78, 5) is 41.7. The molecule has 0 bridgehead atoms. The molecule has 2 aromatic carbocycles. The number of fused-ring (bicyclic) bond motifs is 2. The number of ether oxygens (including phenoxy) is 2. The number of nitrogens with zero attached hydrogens (tertiary/aromatic N) is 3. The predicted molar refractivity (Wildman–Crippen MR) is 129 cm³/mol. The van der Waals surface area contributed by atoms with Crippen molar-refractivity contribution in [1.29, 1.82) is 0 Å². The van der Waals surface area contributed by atoms with Crippen LogP contribution < -0.4 is 25.4 Å². The van der Waals surface area contributed by atoms with E-state index >= 15 is 0 Å². The van der Waals surface area contributed by atoms with Crippen molar-refractivity contribution >= 4 is 29.1 Å². The number of nitrogens with one attached hydrogen (secondary N) is 3. The second-order valence-electron chi connectivity index (χ2n) is 8.36. The SMILES string of the molecule is O=C1COc2ccc(CNC(=O)c3cc(C(=O)NCc4cccc(OC(F)(F)F)c4)n4nccc4n3)cc2N1. The molecule has 11 nitrogen and oxygen atoms in total. The lowest BCUT2D eigenvalue weighted by atomic mass is 10.1. The minimum absolute atomic E-state index is 0.00788. The van der Waals surface area contributed by atoms with Gasteiger partial charge >= 0.3 is 6.36 Å². The summed E-state index contributed by atoms with van der Waals surface area (Å²) in [6.07, 6.45) is -3.44. The van der Waals surface area contributed by atoms with Crippen molar-refractivity contribution in [1.82, 2.24) is 25.2 Å². The van der Waals surface area contributed by atoms with Crippen LogP contribution in [0, 0.1) is 0 Å². The van der Waals surface area contributed by atoms with Gasteiger partial charge in [0.2, 0.25) is 0 Å². The fraction of sp³-hybridized carbons (Fsp3) is 0.160. The van der Waals surface area contributed by atoms with Gasteiger partial charge in [0.05, 0.1) is 11.9 Å². The van der Waals surface area contributed by atoms with E-state index in [-0.39, 0.29) is 42.6 Å². The van der Waals surface area contributed by atoms with Crippen molar-refractivity contribution < 1.29 is 37.0 Å². The molecular weight excluding hydrogens is 521 g/mol. The number of benzene rings is 2. The maximum atomic E-state index is 13.0. The van der Waals surface area contributed by atoms with E-state index in [4.69, 9.17) is 4.74 Å². The van der Waals surface area contributed by atoms with Crippen LogP contribution in [0.15, 0.2) is 60.8 Å². The van der Waals surface area contributed by atoms with Crippen LogP contribution in [0.25, 0.3) is 5.65 Å². The van der Waals surface area contributed by atoms with Gasteiger partial charge in [0.25, 0.3) is 17.7 Å². The number of hydrogen-bond acceptors (Lipinski definition) is 7. The van der Waals surface area contributed by atoms with Crippen LogP contribution in [-0.4, -0.2) is 45.3 Å². The maximum absolute atomic E-state index is 13.0. The van der Waals surface area contributed by atoms with Gasteiger partial charge in [-0.3, -0.25) is 14.4 Å². The third kappa shape index (κ3) is 6.06. The van der Waals surface area contributed by atoms with Crippen LogP contribution in [0.4, 0.5) is 18.9 Å². The summed E-state index contributed by atoms with van der Waals surface area (Å²) in [5.74, 6) is -1.38. The fourth-order valence-electron chi connectivity index (χ4n) is 3.83. The Kier molecular flexibility index (Phi) is 6.75. The molecule has 0 fully saturated rings. The van der Waals surface area contributed by atoms with Crippen LogP contribution >= 0.6 is 0 Å². The smallest absolute Gasteiger partial charge is 0.482 e. The number of carbonyl (C=O) groups excluding carboxylic acids is 3. The summed E-state index contributed by atoms with van der Waals surface area (Å²) in [5.41, 5.74) is 1.72. The van der Waals surface area contributed by atoms with Crippen molar-refractivity contribution in [2.24, 2.45) is 0 Å². The molecule has 2 aromatic heterocycles. The summed E-state index contributed by atoms with van der Waals surface area (Å²) < 4.78 is 48.0. The lowest BCUT2D eigenvalue weighted by molar-refractivity contribution is -0.274. The number of alkyl halides is 3. The first-order valence-corrected chi connectivity index (χ1v) is 11.5. The highest BCUT2D eigenvalue weighted by molar-refractivity contribution is 5.98. The summed E-state index contributed by atoms with van der Waals surface area (Å²) in [5, 5.41) is 12.1. The van der Waals surface area contributed by atoms with Gasteiger partial charge in [-0.25, -0.2) is 9.50 Å². The van der Waals surface area contributed by atoms with E-state index in [0.717, 1.165) is 12.1 Å². The van der Waals surface area contributed by atoms with E-state index in [1.165, 1.54) is 35.0 Å². The van der Waals surface area contributed by atoms with E-state index in [1.54, 1.807) is 18.2 Å². The molecular formula is C25H19F3N6O5. The minimum Gasteiger partial charge on any atom is -0.482 e. The lowest BCUT2D eigenvalue weighted by Gasteiger charge is -2.18. The van der Waals surface area contributed by atoms with E-state index in [2.05, 4.69) is 30.8 Å². The molecule has 14 heteroatoms. The second kappa shape index (κ2) is 10.3. The first kappa shape index (κ1) is 25.5. The quantitative estimate of drug-likeness (QED) is 0.328. The topological polar surface area (TPSA) is 136 Å². The Hall–Kier alpha value is -5.14. The van der Waals surface area contributed by atoms with Gasteiger partial charge in [-0.1, -0.05) is 18.2 Å². The Labute approximate surface area is 217 Å². The van der Waals surface area contributed by atoms with Gasteiger partial charge in [0.15, 0.2) is 12.3 Å². The first-order chi connectivity index (χ1) is 18.6. The van der Waals surface area contributed by atoms with Gasteiger partial charge in [0, 0.05) is 25.2 Å². The van der Waals surface area contributed by atoms with E-state index in [1.807, 2.05) is 0 Å². The zero-order valence-corrected chi connectivity index (χ0v) is 19.9. The zero-order chi connectivity index (χ0) is 27.6. The lowest BCUT2D eigenvalue weighted by Crippen LogP contribution is -2.28. The van der Waals surface area contributed by atoms with E-state index < -0.39 is 23.9 Å². The molecule has 3 N–H and O–H groups in total. The van der Waals surface area contributed by atoms with E-state index in [0.29, 0.717) is 22.6 Å². The van der Waals surface area contributed by atoms with Gasteiger partial charge < -0.3 is 25.4 Å². The average Bonchev–Trinajstić information content (AvgIpc) is 3.37. The highest BCUT2D eigenvalue weighted by Gasteiger charge is 2.31. The van der Waals surface area contributed by atoms with Crippen molar-refractivity contribution in [2.75, 3.05) is 11.9 Å². The monoisotopic (exact) mass is 540 g/mol. The van der Waals surface area contributed by atoms with Crippen LogP contribution in [0.3, 0.4) is 0 Å². The Morgan fingerprint density at radius 1 is 1.03 bits per heavy atom. The molecule has 4 aromatic rings. The molecule has 0 atom stereocenters. The number of halogens is 3. The minimum atomic E-state index is -4.84. The van der Waals surface area contributed by atoms with Gasteiger partial charge in [-0.2, -0.15) is 5.10 Å². The molecule has 0 unspecified atom stereocenters. The highest BCUT2D eigenvalue weighted by Crippen LogP contribution is 2.28. The molecule has 39 heavy (non-hydrogen) atoms. The molecule has 1 aliphatic rings. The number of aromatic nitrogens is 3. The normalized spacial score (nSPS) is 12.7. The molecule has 1 aliphatic heterocycles. The number of carbonyl (C=O) groups is 3. The summed E-state index contributed by atoms with van der Waals surface area (Å²) >= 11 is 0. The number of hydrogen-bond donors (Lipinski definition) is 3. The second-order valence-corrected chi connectivity index (χ2v) is 8.36. The Bertz CT molecular complexity index is 1590. The average molecular weight is 540 g/mol. The van der Waals surface area contributed by atoms with Crippen LogP contribution in [-0.2, 0) is 17.9 Å². The Morgan fingerprint density at radius 2 is 1.79 bits per heavy atom. The maximum Gasteiger partial charge on any atom is 0.573 e. The molecule has 3 amide bonds. The molecule has 5 rings (SSSR count). The summed E-state index contributed by atoms with van der Waals surface area (Å²) in [6.45, 7) is -0.0777. The standard InChI is InChI=1S/C25H19F3N6O5/c26-25(27,28)39-16-3-1-2-14(8-16)11-30-24(37)19-10-18(32-21-6-7-31-34(19)21)23(36)29-12-15-4-5-20-17(9-15)33-22(35)13-38-20/h1-10H,11-13H2,(H,29,36)(H,30,37)(H,33,35). The molecule has 0 spiro atoms. The largest absolute Gasteiger partial charge is 0.573 e. The zero-order valence-electron chi connectivity index (χ0n) is 19.9. The number of rotatable bonds is 7. The van der Waals surface area contributed by atoms with Crippen LogP contribution in [0.2, 0.25) is 0 Å². The molecule has 0 saturated heterocycles. The number of anilines is 1. The molecule has 200 valence electrons. The molecule has 0 radical (unpaired) electrons. The number of amides is 3. The Morgan fingerprint density at radius 3 is 2.59 bits per heavy atom. The molecule has 0 aliphatic carbocycles. The summed E-state index contributed by atoms with van der Waals surface area (Å²) in [6, 6.07) is 13.1. The van der Waals surface area contributed by atoms with Gasteiger partial charge in [0.1, 0.15) is 22.9 Å². The first-order valence-electron chi connectivity index (χ1n) is 11.5. The van der Waals surface area contributed by atoms with Crippen LogP contribution in [0.5, 0.6) is 11.5 Å². The van der Waals surface area contributed by atoms with Gasteiger partial charge in [-0.15, -0.1) is 13.2 Å². The van der Waals surface area contributed by atoms with Crippen molar-refractivity contribution in [3.05, 3.63) is 83.3 Å². The summed E-state index contributed by atoms with van der Waals surface area (Å²) in [7, 11) is 0. The molecule has 3 heterocycles. The Balaban J connectivity index is 1.28. The van der Waals surface area contributed by atoms with Gasteiger partial charge in [-0.05, 0) is 35.4 Å². The van der Waals surface area contributed by atoms with Crippen molar-refractivity contribution in [3.8, 4) is 11.5 Å². The van der Waals surface area contributed by atoms with E-state index in [9.17, 15) is 27.6 Å². The highest BCUT2D eigenvalue weighted by atomic mass is 19.4. The fourth-order valence-corrected chi connectivity index (χ4v) is 3.83. The van der Waals surface area contributed by atoms with Crippen molar-refractivity contribution in [3.63, 3.8) is 0 Å². The van der Waals surface area contributed by atoms with Crippen molar-refractivity contribution in [2.45, 2.75) is 19.5 Å². The van der Waals surface area contributed by atoms with Crippen LogP contribution in [0.1, 0.15) is 32.1 Å². The predicted octanol–water partition coefficient (Wildman–Crippen LogP) is 2.82. The third-order valence-electron chi connectivity index (χ3n) is 5.54. The molecule has 0 saturated carbocycles. The third-order valence-corrected chi connectivity index (χ3v) is 5.54.